The average Bonchev–Trinajstić information content (AvgIpc) is 2.94. The Kier molecular flexibility index (Phi) is 7.48. The predicted molar refractivity (Wildman–Crippen MR) is 150 cm³/mol. The molecule has 0 radical (unpaired) electrons. The van der Waals surface area contributed by atoms with E-state index in [0.717, 1.165) is 56.9 Å². The van der Waals surface area contributed by atoms with Crippen molar-refractivity contribution in [3.8, 4) is 5.69 Å². The Hall–Kier alpha value is -4.08. The van der Waals surface area contributed by atoms with Gasteiger partial charge in [-0.2, -0.15) is 4.98 Å². The number of hydrogen-bond acceptors (Lipinski definition) is 7. The molecule has 196 valence electrons. The Bertz CT molecular complexity index is 1490. The van der Waals surface area contributed by atoms with E-state index in [4.69, 9.17) is 5.73 Å². The number of nitrogens with one attached hydrogen (secondary N) is 1. The zero-order valence-corrected chi connectivity index (χ0v) is 21.9. The second-order valence-electron chi connectivity index (χ2n) is 9.77. The van der Waals surface area contributed by atoms with E-state index in [2.05, 4.69) is 51.2 Å². The molecular weight excluding hydrogens is 478 g/mol. The molecule has 1 aliphatic rings. The van der Waals surface area contributed by atoms with Gasteiger partial charge in [-0.1, -0.05) is 31.2 Å². The van der Waals surface area contributed by atoms with Crippen molar-refractivity contribution in [2.24, 2.45) is 5.73 Å². The fourth-order valence-corrected chi connectivity index (χ4v) is 4.68. The van der Waals surface area contributed by atoms with E-state index in [0.29, 0.717) is 11.6 Å². The number of piperazine rings is 1. The number of carbonyl (C=O) groups excluding carboxylic acids is 1. The Morgan fingerprint density at radius 3 is 2.34 bits per heavy atom. The number of amides is 1. The molecule has 38 heavy (non-hydrogen) atoms. The molecule has 1 amide bonds. The first kappa shape index (κ1) is 25.6. The largest absolute Gasteiger partial charge is 0.365 e. The van der Waals surface area contributed by atoms with Crippen LogP contribution in [0.25, 0.3) is 16.7 Å². The quantitative estimate of drug-likeness (QED) is 0.374. The monoisotopic (exact) mass is 511 g/mol. The van der Waals surface area contributed by atoms with E-state index in [-0.39, 0.29) is 10.9 Å². The molecule has 3 N–H and O–H groups in total. The molecule has 5 rings (SSSR count). The number of fused-ring (bicyclic) bond motifs is 1. The Balaban J connectivity index is 1.39. The number of aryl methyl sites for hydroxylation is 1. The van der Waals surface area contributed by atoms with Gasteiger partial charge in [0.2, 0.25) is 11.4 Å². The molecule has 0 saturated carbocycles. The van der Waals surface area contributed by atoms with Crippen LogP contribution in [0.4, 0.5) is 11.6 Å². The van der Waals surface area contributed by atoms with Crippen molar-refractivity contribution in [3.05, 3.63) is 87.8 Å². The molecule has 9 heteroatoms. The van der Waals surface area contributed by atoms with Gasteiger partial charge in [-0.05, 0) is 55.3 Å². The lowest BCUT2D eigenvalue weighted by atomic mass is 10.1. The SMILES string of the molecule is CCc1ccc(-n2cc(C(N)=O)c(=O)c3cnc(Nc4ccc(CCN5CCN(C)CC5)cc4)nc32)cc1. The lowest BCUT2D eigenvalue weighted by molar-refractivity contribution is 0.0999. The highest BCUT2D eigenvalue weighted by molar-refractivity contribution is 5.96. The molecule has 0 bridgehead atoms. The van der Waals surface area contributed by atoms with Gasteiger partial charge in [0.05, 0.1) is 5.39 Å². The summed E-state index contributed by atoms with van der Waals surface area (Å²) in [6.45, 7) is 7.61. The van der Waals surface area contributed by atoms with E-state index in [9.17, 15) is 9.59 Å². The third-order valence-corrected chi connectivity index (χ3v) is 7.16. The van der Waals surface area contributed by atoms with Gasteiger partial charge in [0.25, 0.3) is 5.91 Å². The molecular formula is C29H33N7O2. The zero-order chi connectivity index (χ0) is 26.6. The number of pyridine rings is 1. The summed E-state index contributed by atoms with van der Waals surface area (Å²) in [7, 11) is 2.17. The number of hydrogen-bond donors (Lipinski definition) is 2. The minimum Gasteiger partial charge on any atom is -0.365 e. The maximum atomic E-state index is 12.9. The number of anilines is 2. The van der Waals surface area contributed by atoms with Crippen LogP contribution in [0.1, 0.15) is 28.4 Å². The summed E-state index contributed by atoms with van der Waals surface area (Å²) in [6.07, 6.45) is 4.81. The topological polar surface area (TPSA) is 109 Å². The molecule has 0 atom stereocenters. The van der Waals surface area contributed by atoms with E-state index in [1.807, 2.05) is 36.4 Å². The summed E-state index contributed by atoms with van der Waals surface area (Å²) in [4.78, 5) is 38.8. The number of nitrogens with two attached hydrogens (primary N) is 1. The Morgan fingerprint density at radius 1 is 1.00 bits per heavy atom. The third kappa shape index (κ3) is 5.58. The Labute approximate surface area is 221 Å². The van der Waals surface area contributed by atoms with Gasteiger partial charge in [-0.3, -0.25) is 9.59 Å². The van der Waals surface area contributed by atoms with E-state index in [1.165, 1.54) is 23.5 Å². The number of likely N-dealkylation sites (N-methyl/N-ethyl adjacent to an activating group) is 1. The molecule has 2 aromatic carbocycles. The minimum absolute atomic E-state index is 0.103. The summed E-state index contributed by atoms with van der Waals surface area (Å²) in [5.74, 6) is -0.432. The van der Waals surface area contributed by atoms with E-state index in [1.54, 1.807) is 4.57 Å². The van der Waals surface area contributed by atoms with Crippen LogP contribution in [-0.2, 0) is 12.8 Å². The average molecular weight is 512 g/mol. The summed E-state index contributed by atoms with van der Waals surface area (Å²) < 4.78 is 1.71. The smallest absolute Gasteiger partial charge is 0.254 e. The summed E-state index contributed by atoms with van der Waals surface area (Å²) in [6, 6.07) is 16.1. The molecule has 1 fully saturated rings. The predicted octanol–water partition coefficient (Wildman–Crippen LogP) is 2.98. The third-order valence-electron chi connectivity index (χ3n) is 7.16. The standard InChI is InChI=1S/C29H33N7O2/c1-3-20-6-10-23(11-7-20)36-19-25(27(30)38)26(37)24-18-31-29(33-28(24)36)32-22-8-4-21(5-9-22)12-13-35-16-14-34(2)15-17-35/h4-11,18-19H,3,12-17H2,1-2H3,(H2,30,38)(H,31,32,33). The van der Waals surface area contributed by atoms with Crippen LogP contribution in [0.5, 0.6) is 0 Å². The molecule has 0 unspecified atom stereocenters. The second-order valence-corrected chi connectivity index (χ2v) is 9.77. The normalized spacial score (nSPS) is 14.6. The highest BCUT2D eigenvalue weighted by atomic mass is 16.2. The van der Waals surface area contributed by atoms with Crippen molar-refractivity contribution in [2.45, 2.75) is 19.8 Å². The molecule has 2 aromatic heterocycles. The van der Waals surface area contributed by atoms with Crippen LogP contribution in [0.2, 0.25) is 0 Å². The van der Waals surface area contributed by atoms with Gasteiger partial charge in [-0.25, -0.2) is 4.98 Å². The summed E-state index contributed by atoms with van der Waals surface area (Å²) in [5.41, 5.74) is 9.38. The molecule has 9 nitrogen and oxygen atoms in total. The number of aromatic nitrogens is 3. The van der Waals surface area contributed by atoms with Crippen molar-refractivity contribution >= 4 is 28.6 Å². The fourth-order valence-electron chi connectivity index (χ4n) is 4.68. The van der Waals surface area contributed by atoms with Crippen molar-refractivity contribution in [1.82, 2.24) is 24.3 Å². The Morgan fingerprint density at radius 2 is 1.68 bits per heavy atom. The molecule has 1 aliphatic heterocycles. The molecule has 1 saturated heterocycles. The van der Waals surface area contributed by atoms with Crippen molar-refractivity contribution in [1.29, 1.82) is 0 Å². The van der Waals surface area contributed by atoms with Gasteiger partial charge in [0.1, 0.15) is 5.56 Å². The van der Waals surface area contributed by atoms with Gasteiger partial charge >= 0.3 is 0 Å². The molecule has 3 heterocycles. The summed E-state index contributed by atoms with van der Waals surface area (Å²) in [5, 5.41) is 3.47. The summed E-state index contributed by atoms with van der Waals surface area (Å²) >= 11 is 0. The number of primary amides is 1. The van der Waals surface area contributed by atoms with E-state index >= 15 is 0 Å². The first-order valence-electron chi connectivity index (χ1n) is 13.0. The van der Waals surface area contributed by atoms with Crippen LogP contribution in [0, 0.1) is 0 Å². The molecule has 0 aliphatic carbocycles. The molecule has 4 aromatic rings. The zero-order valence-electron chi connectivity index (χ0n) is 21.9. The maximum Gasteiger partial charge on any atom is 0.254 e. The van der Waals surface area contributed by atoms with Crippen molar-refractivity contribution < 1.29 is 4.79 Å². The number of nitrogens with zero attached hydrogens (tertiary/aromatic N) is 5. The van der Waals surface area contributed by atoms with Crippen molar-refractivity contribution in [2.75, 3.05) is 45.1 Å². The maximum absolute atomic E-state index is 12.9. The number of rotatable bonds is 8. The van der Waals surface area contributed by atoms with Crippen LogP contribution in [-0.4, -0.2) is 70.0 Å². The second kappa shape index (κ2) is 11.1. The number of carbonyl (C=O) groups is 1. The first-order valence-corrected chi connectivity index (χ1v) is 13.0. The molecule has 0 spiro atoms. The van der Waals surface area contributed by atoms with Gasteiger partial charge < -0.3 is 25.4 Å². The minimum atomic E-state index is -0.786. The number of benzene rings is 2. The highest BCUT2D eigenvalue weighted by Gasteiger charge is 2.17. The van der Waals surface area contributed by atoms with Crippen LogP contribution in [0.3, 0.4) is 0 Å². The van der Waals surface area contributed by atoms with E-state index < -0.39 is 11.3 Å². The first-order chi connectivity index (χ1) is 18.4. The van der Waals surface area contributed by atoms with Crippen LogP contribution >= 0.6 is 0 Å². The van der Waals surface area contributed by atoms with Crippen LogP contribution < -0.4 is 16.5 Å². The highest BCUT2D eigenvalue weighted by Crippen LogP contribution is 2.20. The lowest BCUT2D eigenvalue weighted by Gasteiger charge is -2.32. The van der Waals surface area contributed by atoms with Crippen molar-refractivity contribution in [3.63, 3.8) is 0 Å². The van der Waals surface area contributed by atoms with Gasteiger partial charge in [0, 0.05) is 56.5 Å². The van der Waals surface area contributed by atoms with Gasteiger partial charge in [-0.15, -0.1) is 0 Å². The van der Waals surface area contributed by atoms with Crippen LogP contribution in [0.15, 0.2) is 65.7 Å². The fraction of sp³-hybridized carbons (Fsp3) is 0.310. The van der Waals surface area contributed by atoms with Gasteiger partial charge in [0.15, 0.2) is 5.65 Å². The lowest BCUT2D eigenvalue weighted by Crippen LogP contribution is -2.45.